The van der Waals surface area contributed by atoms with Gasteiger partial charge in [-0.2, -0.15) is 0 Å². The summed E-state index contributed by atoms with van der Waals surface area (Å²) in [4.78, 5) is 24.5. The maximum Gasteiger partial charge on any atom is 0.311 e. The quantitative estimate of drug-likeness (QED) is 0.477. The summed E-state index contributed by atoms with van der Waals surface area (Å²) in [5.41, 5.74) is 0.393. The molecule has 0 N–H and O–H groups in total. The molecule has 0 unspecified atom stereocenters. The van der Waals surface area contributed by atoms with E-state index < -0.39 is 5.97 Å². The summed E-state index contributed by atoms with van der Waals surface area (Å²) >= 11 is 0. The molecule has 0 saturated heterocycles. The number of hydrogen-bond acceptors (Lipinski definition) is 5. The highest BCUT2D eigenvalue weighted by Crippen LogP contribution is 2.00. The van der Waals surface area contributed by atoms with Crippen molar-refractivity contribution in [1.29, 1.82) is 0 Å². The van der Waals surface area contributed by atoms with Gasteiger partial charge in [0.15, 0.2) is 0 Å². The summed E-state index contributed by atoms with van der Waals surface area (Å²) in [7, 11) is 1.28. The molecule has 0 aromatic carbocycles. The molecule has 1 rings (SSSR count). The Morgan fingerprint density at radius 2 is 2.58 bits per heavy atom. The molecule has 0 spiro atoms. The van der Waals surface area contributed by atoms with Crippen LogP contribution in [-0.4, -0.2) is 24.3 Å². The van der Waals surface area contributed by atoms with Crippen LogP contribution in [0.4, 0.5) is 0 Å². The van der Waals surface area contributed by atoms with Gasteiger partial charge in [-0.15, -0.1) is 0 Å². The predicted molar refractivity (Wildman–Crippen MR) is 37.6 cm³/mol. The Hall–Kier alpha value is -1.65. The molecule has 0 aliphatic heterocycles. The topological polar surface area (TPSA) is 69.4 Å². The minimum Gasteiger partial charge on any atom is -0.469 e. The van der Waals surface area contributed by atoms with Gasteiger partial charge in [0, 0.05) is 0 Å². The third-order valence-electron chi connectivity index (χ3n) is 1.22. The van der Waals surface area contributed by atoms with E-state index in [2.05, 4.69) is 14.1 Å². The first-order chi connectivity index (χ1) is 5.76. The predicted octanol–water partition coefficient (Wildman–Crippen LogP) is 0.203. The van der Waals surface area contributed by atoms with E-state index in [1.54, 1.807) is 0 Å². The zero-order valence-electron chi connectivity index (χ0n) is 6.44. The molecule has 5 nitrogen and oxygen atoms in total. The van der Waals surface area contributed by atoms with Gasteiger partial charge in [-0.3, -0.25) is 9.59 Å². The van der Waals surface area contributed by atoms with Crippen molar-refractivity contribution in [3.05, 3.63) is 17.8 Å². The number of esters is 1. The Labute approximate surface area is 68.3 Å². The van der Waals surface area contributed by atoms with E-state index in [4.69, 9.17) is 0 Å². The lowest BCUT2D eigenvalue weighted by Crippen LogP contribution is -2.04. The molecule has 0 saturated carbocycles. The molecule has 0 radical (unpaired) electrons. The fraction of sp³-hybridized carbons (Fsp3) is 0.286. The van der Waals surface area contributed by atoms with Crippen molar-refractivity contribution >= 4 is 12.3 Å². The van der Waals surface area contributed by atoms with Crippen molar-refractivity contribution in [2.24, 2.45) is 0 Å². The third kappa shape index (κ3) is 1.91. The minimum atomic E-state index is -0.416. The van der Waals surface area contributed by atoms with Gasteiger partial charge in [0.25, 0.3) is 5.89 Å². The Balaban J connectivity index is 2.63. The van der Waals surface area contributed by atoms with Gasteiger partial charge in [0.2, 0.25) is 6.29 Å². The highest BCUT2D eigenvalue weighted by Gasteiger charge is 2.07. The zero-order chi connectivity index (χ0) is 8.97. The van der Waals surface area contributed by atoms with Crippen LogP contribution in [0, 0.1) is 0 Å². The second-order valence-electron chi connectivity index (χ2n) is 2.05. The Morgan fingerprint density at radius 3 is 3.08 bits per heavy atom. The average Bonchev–Trinajstić information content (AvgIpc) is 2.52. The molecule has 1 heterocycles. The SMILES string of the molecule is COC(=O)Cc1coc(C=O)n1. The van der Waals surface area contributed by atoms with Crippen molar-refractivity contribution in [2.45, 2.75) is 6.42 Å². The van der Waals surface area contributed by atoms with Crippen molar-refractivity contribution in [3.8, 4) is 0 Å². The van der Waals surface area contributed by atoms with E-state index in [-0.39, 0.29) is 12.3 Å². The molecule has 0 aliphatic rings. The van der Waals surface area contributed by atoms with E-state index in [9.17, 15) is 9.59 Å². The fourth-order valence-corrected chi connectivity index (χ4v) is 0.678. The number of aromatic nitrogens is 1. The van der Waals surface area contributed by atoms with E-state index in [0.717, 1.165) is 0 Å². The lowest BCUT2D eigenvalue weighted by molar-refractivity contribution is -0.139. The van der Waals surface area contributed by atoms with Crippen LogP contribution in [0.3, 0.4) is 0 Å². The van der Waals surface area contributed by atoms with Gasteiger partial charge < -0.3 is 9.15 Å². The third-order valence-corrected chi connectivity index (χ3v) is 1.22. The van der Waals surface area contributed by atoms with Crippen molar-refractivity contribution < 1.29 is 18.7 Å². The van der Waals surface area contributed by atoms with Gasteiger partial charge in [0.1, 0.15) is 6.26 Å². The first-order valence-corrected chi connectivity index (χ1v) is 3.22. The number of rotatable bonds is 3. The zero-order valence-corrected chi connectivity index (χ0v) is 6.44. The Bertz CT molecular complexity index is 291. The van der Waals surface area contributed by atoms with Crippen LogP contribution in [0.25, 0.3) is 0 Å². The Kier molecular flexibility index (Phi) is 2.57. The van der Waals surface area contributed by atoms with Crippen LogP contribution in [0.1, 0.15) is 16.4 Å². The maximum absolute atomic E-state index is 10.7. The molecule has 5 heteroatoms. The average molecular weight is 169 g/mol. The van der Waals surface area contributed by atoms with Crippen molar-refractivity contribution in [3.63, 3.8) is 0 Å². The smallest absolute Gasteiger partial charge is 0.311 e. The fourth-order valence-electron chi connectivity index (χ4n) is 0.678. The van der Waals surface area contributed by atoms with E-state index in [1.807, 2.05) is 0 Å². The summed E-state index contributed by atoms with van der Waals surface area (Å²) in [6.45, 7) is 0. The van der Waals surface area contributed by atoms with E-state index >= 15 is 0 Å². The van der Waals surface area contributed by atoms with Gasteiger partial charge in [-0.1, -0.05) is 0 Å². The van der Waals surface area contributed by atoms with Crippen LogP contribution < -0.4 is 0 Å². The number of nitrogens with zero attached hydrogens (tertiary/aromatic N) is 1. The molecule has 0 bridgehead atoms. The highest BCUT2D eigenvalue weighted by molar-refractivity contribution is 5.72. The lowest BCUT2D eigenvalue weighted by Gasteiger charge is -1.92. The summed E-state index contributed by atoms with van der Waals surface area (Å²) < 4.78 is 9.06. The minimum absolute atomic E-state index is 0.0217. The molecule has 64 valence electrons. The molecule has 1 aromatic rings. The van der Waals surface area contributed by atoms with Gasteiger partial charge in [-0.25, -0.2) is 4.98 Å². The monoisotopic (exact) mass is 169 g/mol. The van der Waals surface area contributed by atoms with Crippen molar-refractivity contribution in [1.82, 2.24) is 4.98 Å². The molecule has 0 atom stereocenters. The van der Waals surface area contributed by atoms with Crippen LogP contribution in [-0.2, 0) is 16.0 Å². The van der Waals surface area contributed by atoms with Crippen LogP contribution in [0.2, 0.25) is 0 Å². The normalized spacial score (nSPS) is 9.42. The highest BCUT2D eigenvalue weighted by atomic mass is 16.5. The number of hydrogen-bond donors (Lipinski definition) is 0. The number of carbonyl (C=O) groups is 2. The summed E-state index contributed by atoms with van der Waals surface area (Å²) in [5, 5.41) is 0. The Morgan fingerprint density at radius 1 is 1.83 bits per heavy atom. The number of ether oxygens (including phenoxy) is 1. The number of methoxy groups -OCH3 is 1. The summed E-state index contributed by atoms with van der Waals surface area (Å²) in [6.07, 6.45) is 1.75. The lowest BCUT2D eigenvalue weighted by atomic mass is 10.3. The summed E-state index contributed by atoms with van der Waals surface area (Å²) in [6, 6.07) is 0. The molecular weight excluding hydrogens is 162 g/mol. The van der Waals surface area contributed by atoms with Crippen LogP contribution in [0.5, 0.6) is 0 Å². The molecule has 0 aliphatic carbocycles. The van der Waals surface area contributed by atoms with Crippen LogP contribution >= 0.6 is 0 Å². The van der Waals surface area contributed by atoms with Gasteiger partial charge in [-0.05, 0) is 0 Å². The first kappa shape index (κ1) is 8.45. The number of carbonyl (C=O) groups excluding carboxylic acids is 2. The maximum atomic E-state index is 10.7. The van der Waals surface area contributed by atoms with E-state index in [1.165, 1.54) is 13.4 Å². The molecule has 1 aromatic heterocycles. The largest absolute Gasteiger partial charge is 0.469 e. The van der Waals surface area contributed by atoms with Gasteiger partial charge in [0.05, 0.1) is 19.2 Å². The second kappa shape index (κ2) is 3.66. The summed E-state index contributed by atoms with van der Waals surface area (Å²) in [5.74, 6) is -0.449. The molecule has 12 heavy (non-hydrogen) atoms. The molecular formula is C7H7NO4. The standard InChI is InChI=1S/C7H7NO4/c1-11-7(10)2-5-4-12-6(3-9)8-5/h3-4H,2H2,1H3. The first-order valence-electron chi connectivity index (χ1n) is 3.22. The van der Waals surface area contributed by atoms with Crippen molar-refractivity contribution in [2.75, 3.05) is 7.11 Å². The van der Waals surface area contributed by atoms with Crippen LogP contribution in [0.15, 0.2) is 10.7 Å². The molecule has 0 fully saturated rings. The van der Waals surface area contributed by atoms with E-state index in [0.29, 0.717) is 12.0 Å². The number of oxazole rings is 1. The molecule has 0 amide bonds. The van der Waals surface area contributed by atoms with Gasteiger partial charge >= 0.3 is 5.97 Å². The second-order valence-corrected chi connectivity index (χ2v) is 2.05. The number of aldehydes is 1.